The van der Waals surface area contributed by atoms with Gasteiger partial charge in [-0.05, 0) is 31.9 Å². The third-order valence-corrected chi connectivity index (χ3v) is 4.71. The number of carbonyl (C=O) groups is 4. The Hall–Kier alpha value is -2.76. The summed E-state index contributed by atoms with van der Waals surface area (Å²) in [7, 11) is 0. The monoisotopic (exact) mass is 340 g/mol. The number of hydrogen-bond acceptors (Lipinski definition) is 4. The first-order valence-electron chi connectivity index (χ1n) is 8.38. The van der Waals surface area contributed by atoms with E-state index in [1.807, 2.05) is 12.2 Å². The summed E-state index contributed by atoms with van der Waals surface area (Å²) >= 11 is 0. The number of benzene rings is 1. The second-order valence-corrected chi connectivity index (χ2v) is 6.42. The van der Waals surface area contributed by atoms with Crippen molar-refractivity contribution in [1.82, 2.24) is 4.90 Å². The van der Waals surface area contributed by atoms with Crippen LogP contribution in [0.4, 0.5) is 5.69 Å². The molecule has 1 aromatic carbocycles. The van der Waals surface area contributed by atoms with Crippen LogP contribution in [0.1, 0.15) is 36.5 Å². The predicted molar refractivity (Wildman–Crippen MR) is 91.8 cm³/mol. The molecule has 0 bridgehead atoms. The zero-order valence-corrected chi connectivity index (χ0v) is 14.0. The van der Waals surface area contributed by atoms with Crippen LogP contribution in [0.25, 0.3) is 0 Å². The highest BCUT2D eigenvalue weighted by atomic mass is 16.2. The van der Waals surface area contributed by atoms with Crippen molar-refractivity contribution in [2.24, 2.45) is 11.8 Å². The van der Waals surface area contributed by atoms with Gasteiger partial charge in [0.15, 0.2) is 5.78 Å². The number of ketones is 1. The molecule has 2 atom stereocenters. The minimum absolute atomic E-state index is 0.0364. The molecule has 6 heteroatoms. The van der Waals surface area contributed by atoms with Gasteiger partial charge in [-0.15, -0.1) is 0 Å². The van der Waals surface area contributed by atoms with E-state index in [9.17, 15) is 19.2 Å². The minimum atomic E-state index is -0.297. The van der Waals surface area contributed by atoms with E-state index in [1.165, 1.54) is 11.8 Å². The van der Waals surface area contributed by atoms with Crippen LogP contribution >= 0.6 is 0 Å². The Morgan fingerprint density at radius 1 is 1.12 bits per heavy atom. The van der Waals surface area contributed by atoms with Crippen LogP contribution in [0.5, 0.6) is 0 Å². The maximum atomic E-state index is 12.3. The van der Waals surface area contributed by atoms with Crippen molar-refractivity contribution in [2.75, 3.05) is 11.9 Å². The summed E-state index contributed by atoms with van der Waals surface area (Å²) in [5, 5.41) is 2.70. The van der Waals surface area contributed by atoms with Crippen molar-refractivity contribution >= 4 is 29.2 Å². The van der Waals surface area contributed by atoms with Crippen LogP contribution < -0.4 is 5.32 Å². The summed E-state index contributed by atoms with van der Waals surface area (Å²) in [6, 6.07) is 6.66. The number of imide groups is 1. The number of amides is 3. The number of anilines is 1. The van der Waals surface area contributed by atoms with Crippen molar-refractivity contribution < 1.29 is 19.2 Å². The van der Waals surface area contributed by atoms with Crippen molar-refractivity contribution in [3.05, 3.63) is 42.0 Å². The lowest BCUT2D eigenvalue weighted by Crippen LogP contribution is -2.34. The molecule has 25 heavy (non-hydrogen) atoms. The van der Waals surface area contributed by atoms with Gasteiger partial charge in [-0.2, -0.15) is 0 Å². The number of fused-ring (bicyclic) bond motifs is 1. The van der Waals surface area contributed by atoms with Gasteiger partial charge in [0.25, 0.3) is 0 Å². The zero-order valence-electron chi connectivity index (χ0n) is 14.0. The third-order valence-electron chi connectivity index (χ3n) is 4.71. The molecule has 2 aliphatic rings. The first kappa shape index (κ1) is 17.1. The highest BCUT2D eigenvalue weighted by molar-refractivity contribution is 6.06. The molecule has 1 saturated heterocycles. The molecule has 1 aliphatic carbocycles. The molecule has 1 aliphatic heterocycles. The Bertz CT molecular complexity index is 742. The molecule has 3 amide bonds. The van der Waals surface area contributed by atoms with Crippen LogP contribution in [-0.2, 0) is 14.4 Å². The normalized spacial score (nSPS) is 22.0. The summed E-state index contributed by atoms with van der Waals surface area (Å²) in [5.41, 5.74) is 1.04. The highest BCUT2D eigenvalue weighted by Gasteiger charge is 2.46. The van der Waals surface area contributed by atoms with Crippen LogP contribution in [0.15, 0.2) is 36.4 Å². The Balaban J connectivity index is 1.58. The minimum Gasteiger partial charge on any atom is -0.326 e. The Kier molecular flexibility index (Phi) is 4.79. The van der Waals surface area contributed by atoms with Gasteiger partial charge in [0.05, 0.1) is 11.8 Å². The maximum absolute atomic E-state index is 12.3. The standard InChI is InChI=1S/C19H20N2O4/c1-12(22)13-5-4-6-14(11-13)20-17(23)9-10-21-18(24)15-7-2-3-8-16(15)19(21)25/h2-6,11,15-16H,7-10H2,1H3,(H,20,23)/t15-,16+. The molecule has 0 saturated carbocycles. The fraction of sp³-hybridized carbons (Fsp3) is 0.368. The fourth-order valence-electron chi connectivity index (χ4n) is 3.34. The molecular formula is C19H20N2O4. The SMILES string of the molecule is CC(=O)c1cccc(NC(=O)CCN2C(=O)[C@H]3CC=CC[C@H]3C2=O)c1. The van der Waals surface area contributed by atoms with E-state index >= 15 is 0 Å². The maximum Gasteiger partial charge on any atom is 0.233 e. The molecule has 1 N–H and O–H groups in total. The average Bonchev–Trinajstić information content (AvgIpc) is 2.85. The van der Waals surface area contributed by atoms with Gasteiger partial charge in [-0.1, -0.05) is 24.3 Å². The van der Waals surface area contributed by atoms with Crippen LogP contribution in [0, 0.1) is 11.8 Å². The molecule has 0 aromatic heterocycles. The number of allylic oxidation sites excluding steroid dienone is 2. The first-order chi connectivity index (χ1) is 12.0. The number of carbonyl (C=O) groups excluding carboxylic acids is 4. The lowest BCUT2D eigenvalue weighted by Gasteiger charge is -2.14. The van der Waals surface area contributed by atoms with Crippen molar-refractivity contribution in [2.45, 2.75) is 26.2 Å². The largest absolute Gasteiger partial charge is 0.326 e. The van der Waals surface area contributed by atoms with Gasteiger partial charge in [-0.25, -0.2) is 0 Å². The molecule has 1 aromatic rings. The first-order valence-corrected chi connectivity index (χ1v) is 8.38. The van der Waals surface area contributed by atoms with Crippen molar-refractivity contribution in [1.29, 1.82) is 0 Å². The van der Waals surface area contributed by atoms with Gasteiger partial charge in [0.1, 0.15) is 0 Å². The highest BCUT2D eigenvalue weighted by Crippen LogP contribution is 2.35. The number of nitrogens with one attached hydrogen (secondary N) is 1. The summed E-state index contributed by atoms with van der Waals surface area (Å²) in [4.78, 5) is 49.4. The molecule has 0 spiro atoms. The molecule has 130 valence electrons. The second-order valence-electron chi connectivity index (χ2n) is 6.42. The lowest BCUT2D eigenvalue weighted by molar-refractivity contribution is -0.140. The quantitative estimate of drug-likeness (QED) is 0.506. The second kappa shape index (κ2) is 7.01. The van der Waals surface area contributed by atoms with Gasteiger partial charge >= 0.3 is 0 Å². The lowest BCUT2D eigenvalue weighted by atomic mass is 9.85. The predicted octanol–water partition coefficient (Wildman–Crippen LogP) is 2.17. The Morgan fingerprint density at radius 2 is 1.76 bits per heavy atom. The Morgan fingerprint density at radius 3 is 2.36 bits per heavy atom. The molecule has 1 heterocycles. The van der Waals surface area contributed by atoms with E-state index in [-0.39, 0.29) is 48.3 Å². The van der Waals surface area contributed by atoms with E-state index in [0.717, 1.165) is 0 Å². The number of likely N-dealkylation sites (tertiary alicyclic amines) is 1. The van der Waals surface area contributed by atoms with Gasteiger partial charge in [0.2, 0.25) is 17.7 Å². The van der Waals surface area contributed by atoms with Crippen molar-refractivity contribution in [3.63, 3.8) is 0 Å². The number of Topliss-reactive ketones (excluding diaryl/α,β-unsaturated/α-hetero) is 1. The van der Waals surface area contributed by atoms with Crippen LogP contribution in [0.3, 0.4) is 0 Å². The third kappa shape index (κ3) is 3.52. The van der Waals surface area contributed by atoms with Crippen molar-refractivity contribution in [3.8, 4) is 0 Å². The Labute approximate surface area is 145 Å². The van der Waals surface area contributed by atoms with E-state index < -0.39 is 0 Å². The van der Waals surface area contributed by atoms with Gasteiger partial charge < -0.3 is 5.32 Å². The molecule has 6 nitrogen and oxygen atoms in total. The molecule has 3 rings (SSSR count). The summed E-state index contributed by atoms with van der Waals surface area (Å²) in [6.07, 6.45) is 5.09. The van der Waals surface area contributed by atoms with Gasteiger partial charge in [0, 0.05) is 24.2 Å². The van der Waals surface area contributed by atoms with Crippen LogP contribution in [0.2, 0.25) is 0 Å². The summed E-state index contributed by atoms with van der Waals surface area (Å²) in [6.45, 7) is 1.54. The van der Waals surface area contributed by atoms with E-state index in [0.29, 0.717) is 24.1 Å². The topological polar surface area (TPSA) is 83.6 Å². The number of nitrogens with zero attached hydrogens (tertiary/aromatic N) is 1. The number of hydrogen-bond donors (Lipinski definition) is 1. The van der Waals surface area contributed by atoms with E-state index in [2.05, 4.69) is 5.32 Å². The van der Waals surface area contributed by atoms with Gasteiger partial charge in [-0.3, -0.25) is 24.1 Å². The smallest absolute Gasteiger partial charge is 0.233 e. The molecule has 0 radical (unpaired) electrons. The molecular weight excluding hydrogens is 320 g/mol. The summed E-state index contributed by atoms with van der Waals surface area (Å²) in [5.74, 6) is -1.27. The van der Waals surface area contributed by atoms with E-state index in [1.54, 1.807) is 24.3 Å². The zero-order chi connectivity index (χ0) is 18.0. The summed E-state index contributed by atoms with van der Waals surface area (Å²) < 4.78 is 0. The average molecular weight is 340 g/mol. The number of rotatable bonds is 5. The van der Waals surface area contributed by atoms with Crippen LogP contribution in [-0.4, -0.2) is 34.9 Å². The molecule has 0 unspecified atom stereocenters. The fourth-order valence-corrected chi connectivity index (χ4v) is 3.34. The van der Waals surface area contributed by atoms with E-state index in [4.69, 9.17) is 0 Å². The molecule has 1 fully saturated rings.